The van der Waals surface area contributed by atoms with Crippen LogP contribution in [0.1, 0.15) is 18.4 Å². The molecule has 1 aromatic carbocycles. The third-order valence-electron chi connectivity index (χ3n) is 4.14. The van der Waals surface area contributed by atoms with Crippen LogP contribution in [-0.2, 0) is 4.79 Å². The number of hydrogen-bond donors (Lipinski definition) is 2. The van der Waals surface area contributed by atoms with Crippen LogP contribution in [0.5, 0.6) is 0 Å². The van der Waals surface area contributed by atoms with Crippen LogP contribution in [0.15, 0.2) is 18.2 Å². The van der Waals surface area contributed by atoms with Gasteiger partial charge in [-0.1, -0.05) is 0 Å². The fraction of sp³-hybridized carbons (Fsp3) is 0.562. The highest BCUT2D eigenvalue weighted by molar-refractivity contribution is 5.93. The van der Waals surface area contributed by atoms with Crippen molar-refractivity contribution in [3.63, 3.8) is 0 Å². The highest BCUT2D eigenvalue weighted by atomic mass is 16.2. The fourth-order valence-corrected chi connectivity index (χ4v) is 2.87. The number of hydrogen-bond acceptors (Lipinski definition) is 4. The largest absolute Gasteiger partial charge is 0.399 e. The summed E-state index contributed by atoms with van der Waals surface area (Å²) >= 11 is 0. The summed E-state index contributed by atoms with van der Waals surface area (Å²) < 4.78 is 0. The molecule has 0 saturated carbocycles. The molecular weight excluding hydrogens is 264 g/mol. The van der Waals surface area contributed by atoms with E-state index in [9.17, 15) is 4.79 Å². The van der Waals surface area contributed by atoms with Crippen molar-refractivity contribution < 1.29 is 4.79 Å². The van der Waals surface area contributed by atoms with E-state index in [1.54, 1.807) is 0 Å². The summed E-state index contributed by atoms with van der Waals surface area (Å²) in [6.07, 6.45) is 2.36. The number of rotatable bonds is 4. The monoisotopic (exact) mass is 290 g/mol. The lowest BCUT2D eigenvalue weighted by molar-refractivity contribution is -0.117. The molecule has 1 saturated heterocycles. The number of nitrogens with zero attached hydrogens (tertiary/aromatic N) is 2. The number of amides is 1. The zero-order valence-electron chi connectivity index (χ0n) is 13.2. The normalized spacial score (nSPS) is 19.7. The van der Waals surface area contributed by atoms with E-state index < -0.39 is 0 Å². The summed E-state index contributed by atoms with van der Waals surface area (Å²) in [6, 6.07) is 6.00. The molecule has 1 fully saturated rings. The first-order valence-electron chi connectivity index (χ1n) is 7.50. The molecule has 0 aromatic heterocycles. The number of nitrogens with one attached hydrogen (secondary N) is 1. The van der Waals surface area contributed by atoms with Gasteiger partial charge in [-0.05, 0) is 64.2 Å². The number of benzene rings is 1. The summed E-state index contributed by atoms with van der Waals surface area (Å²) in [7, 11) is 4.16. The summed E-state index contributed by atoms with van der Waals surface area (Å²) in [5, 5.41) is 2.97. The lowest BCUT2D eigenvalue weighted by Gasteiger charge is -2.35. The van der Waals surface area contributed by atoms with Crippen molar-refractivity contribution in [3.8, 4) is 0 Å². The van der Waals surface area contributed by atoms with Gasteiger partial charge in [0.1, 0.15) is 0 Å². The number of nitrogen functional groups attached to an aromatic ring is 1. The SMILES string of the molecule is Cc1cc(N)ccc1NC(=O)CN(C)C1CCCN(C)C1. The van der Waals surface area contributed by atoms with Crippen molar-refractivity contribution in [1.82, 2.24) is 9.80 Å². The molecule has 1 aliphatic rings. The standard InChI is InChI=1S/C16H26N4O/c1-12-9-13(17)6-7-15(12)18-16(21)11-20(3)14-5-4-8-19(2)10-14/h6-7,9,14H,4-5,8,10-11,17H2,1-3H3,(H,18,21). The van der Waals surface area contributed by atoms with Gasteiger partial charge in [0.25, 0.3) is 0 Å². The van der Waals surface area contributed by atoms with E-state index in [1.807, 2.05) is 32.2 Å². The minimum absolute atomic E-state index is 0.0265. The van der Waals surface area contributed by atoms with Gasteiger partial charge in [-0.2, -0.15) is 0 Å². The molecule has 1 amide bonds. The maximum atomic E-state index is 12.2. The van der Waals surface area contributed by atoms with Gasteiger partial charge in [-0.3, -0.25) is 9.69 Å². The van der Waals surface area contributed by atoms with Crippen molar-refractivity contribution in [2.45, 2.75) is 25.8 Å². The van der Waals surface area contributed by atoms with E-state index >= 15 is 0 Å². The minimum atomic E-state index is 0.0265. The minimum Gasteiger partial charge on any atom is -0.399 e. The Morgan fingerprint density at radius 2 is 2.29 bits per heavy atom. The number of likely N-dealkylation sites (N-methyl/N-ethyl adjacent to an activating group) is 2. The van der Waals surface area contributed by atoms with Crippen LogP contribution in [-0.4, -0.2) is 55.5 Å². The zero-order chi connectivity index (χ0) is 15.4. The molecule has 5 heteroatoms. The predicted molar refractivity (Wildman–Crippen MR) is 87.4 cm³/mol. The van der Waals surface area contributed by atoms with Gasteiger partial charge in [0.05, 0.1) is 6.54 Å². The highest BCUT2D eigenvalue weighted by Crippen LogP contribution is 2.18. The van der Waals surface area contributed by atoms with E-state index in [0.29, 0.717) is 18.3 Å². The molecule has 3 N–H and O–H groups in total. The smallest absolute Gasteiger partial charge is 0.238 e. The number of carbonyl (C=O) groups excluding carboxylic acids is 1. The maximum absolute atomic E-state index is 12.2. The van der Waals surface area contributed by atoms with Crippen LogP contribution in [0.3, 0.4) is 0 Å². The van der Waals surface area contributed by atoms with Gasteiger partial charge in [0.15, 0.2) is 0 Å². The molecule has 0 aliphatic carbocycles. The number of nitrogens with two attached hydrogens (primary N) is 1. The first kappa shape index (κ1) is 15.8. The zero-order valence-corrected chi connectivity index (χ0v) is 13.2. The van der Waals surface area contributed by atoms with E-state index in [2.05, 4.69) is 22.2 Å². The van der Waals surface area contributed by atoms with E-state index in [-0.39, 0.29) is 5.91 Å². The van der Waals surface area contributed by atoms with Crippen molar-refractivity contribution in [3.05, 3.63) is 23.8 Å². The van der Waals surface area contributed by atoms with Crippen molar-refractivity contribution in [2.75, 3.05) is 44.8 Å². The third-order valence-corrected chi connectivity index (χ3v) is 4.14. The Balaban J connectivity index is 1.89. The van der Waals surface area contributed by atoms with Gasteiger partial charge in [-0.15, -0.1) is 0 Å². The lowest BCUT2D eigenvalue weighted by atomic mass is 10.1. The first-order valence-corrected chi connectivity index (χ1v) is 7.50. The van der Waals surface area contributed by atoms with Crippen LogP contribution in [0, 0.1) is 6.92 Å². The Labute approximate surface area is 127 Å². The average molecular weight is 290 g/mol. The summed E-state index contributed by atoms with van der Waals surface area (Å²) in [6.45, 7) is 4.56. The molecule has 0 radical (unpaired) electrons. The second kappa shape index (κ2) is 6.91. The van der Waals surface area contributed by atoms with Gasteiger partial charge >= 0.3 is 0 Å². The van der Waals surface area contributed by atoms with Crippen molar-refractivity contribution in [1.29, 1.82) is 0 Å². The molecule has 1 heterocycles. The van der Waals surface area contributed by atoms with E-state index in [1.165, 1.54) is 6.42 Å². The second-order valence-electron chi connectivity index (χ2n) is 6.10. The van der Waals surface area contributed by atoms with Gasteiger partial charge in [-0.25, -0.2) is 0 Å². The highest BCUT2D eigenvalue weighted by Gasteiger charge is 2.22. The molecule has 1 aromatic rings. The van der Waals surface area contributed by atoms with Crippen LogP contribution in [0.4, 0.5) is 11.4 Å². The molecule has 1 unspecified atom stereocenters. The summed E-state index contributed by atoms with van der Waals surface area (Å²) in [5.41, 5.74) is 8.27. The van der Waals surface area contributed by atoms with Gasteiger partial charge in [0, 0.05) is 24.0 Å². The van der Waals surface area contributed by atoms with Crippen LogP contribution in [0.2, 0.25) is 0 Å². The molecular formula is C16H26N4O. The lowest BCUT2D eigenvalue weighted by Crippen LogP contribution is -2.47. The molecule has 0 bridgehead atoms. The Hall–Kier alpha value is -1.59. The number of piperidine rings is 1. The van der Waals surface area contributed by atoms with Crippen molar-refractivity contribution >= 4 is 17.3 Å². The molecule has 1 aliphatic heterocycles. The van der Waals surface area contributed by atoms with E-state index in [4.69, 9.17) is 5.73 Å². The summed E-state index contributed by atoms with van der Waals surface area (Å²) in [5.74, 6) is 0.0265. The first-order chi connectivity index (χ1) is 9.95. The Kier molecular flexibility index (Phi) is 5.20. The molecule has 21 heavy (non-hydrogen) atoms. The van der Waals surface area contributed by atoms with E-state index in [0.717, 1.165) is 30.8 Å². The predicted octanol–water partition coefficient (Wildman–Crippen LogP) is 1.54. The molecule has 0 spiro atoms. The fourth-order valence-electron chi connectivity index (χ4n) is 2.87. The number of anilines is 2. The third kappa shape index (κ3) is 4.44. The molecule has 1 atom stereocenters. The summed E-state index contributed by atoms with van der Waals surface area (Å²) in [4.78, 5) is 16.7. The number of aryl methyl sites for hydroxylation is 1. The van der Waals surface area contributed by atoms with Crippen LogP contribution < -0.4 is 11.1 Å². The molecule has 5 nitrogen and oxygen atoms in total. The van der Waals surface area contributed by atoms with Crippen molar-refractivity contribution in [2.24, 2.45) is 0 Å². The number of carbonyl (C=O) groups is 1. The number of likely N-dealkylation sites (tertiary alicyclic amines) is 1. The Morgan fingerprint density at radius 3 is 2.95 bits per heavy atom. The van der Waals surface area contributed by atoms with Crippen LogP contribution in [0.25, 0.3) is 0 Å². The quantitative estimate of drug-likeness (QED) is 0.826. The topological polar surface area (TPSA) is 61.6 Å². The van der Waals surface area contributed by atoms with Crippen LogP contribution >= 0.6 is 0 Å². The Bertz CT molecular complexity index is 503. The second-order valence-corrected chi connectivity index (χ2v) is 6.10. The molecule has 2 rings (SSSR count). The average Bonchev–Trinajstić information content (AvgIpc) is 2.42. The van der Waals surface area contributed by atoms with Gasteiger partial charge < -0.3 is 16.0 Å². The maximum Gasteiger partial charge on any atom is 0.238 e. The Morgan fingerprint density at radius 1 is 1.52 bits per heavy atom. The molecule has 116 valence electrons. The van der Waals surface area contributed by atoms with Gasteiger partial charge in [0.2, 0.25) is 5.91 Å².